The molecule has 2 aromatic rings. The van der Waals surface area contributed by atoms with E-state index in [0.29, 0.717) is 4.90 Å². The molecule has 7 nitrogen and oxygen atoms in total. The normalized spacial score (nSPS) is 11.1. The molecule has 0 aliphatic rings. The summed E-state index contributed by atoms with van der Waals surface area (Å²) in [4.78, 5) is 19.4. The standard InChI is InChI=1S/C9H6F3N5O2/c10-9(11,12)19-8(18)17(7-14-5-15-16-7)6-3-1-2-4-13-6/h1-5H,(H,14,15,16). The Morgan fingerprint density at radius 1 is 1.32 bits per heavy atom. The van der Waals surface area contributed by atoms with Crippen LogP contribution in [0.15, 0.2) is 30.7 Å². The van der Waals surface area contributed by atoms with Gasteiger partial charge in [0.05, 0.1) is 0 Å². The number of pyridine rings is 1. The van der Waals surface area contributed by atoms with Crippen LogP contribution in [-0.2, 0) is 4.74 Å². The number of H-pyrrole nitrogens is 1. The molecule has 100 valence electrons. The van der Waals surface area contributed by atoms with Gasteiger partial charge in [-0.2, -0.15) is 15.0 Å². The van der Waals surface area contributed by atoms with Gasteiger partial charge in [0.25, 0.3) is 0 Å². The van der Waals surface area contributed by atoms with Crippen LogP contribution in [0, 0.1) is 0 Å². The van der Waals surface area contributed by atoms with E-state index in [1.807, 2.05) is 0 Å². The monoisotopic (exact) mass is 273 g/mol. The molecule has 0 saturated heterocycles. The molecule has 2 aromatic heterocycles. The van der Waals surface area contributed by atoms with Gasteiger partial charge in [-0.05, 0) is 12.1 Å². The van der Waals surface area contributed by atoms with Gasteiger partial charge in [-0.15, -0.1) is 13.2 Å². The van der Waals surface area contributed by atoms with Crippen LogP contribution < -0.4 is 4.90 Å². The summed E-state index contributed by atoms with van der Waals surface area (Å²) >= 11 is 0. The number of carbonyl (C=O) groups excluding carboxylic acids is 1. The van der Waals surface area contributed by atoms with Crippen molar-refractivity contribution in [2.24, 2.45) is 0 Å². The van der Waals surface area contributed by atoms with Crippen molar-refractivity contribution >= 4 is 17.9 Å². The lowest BCUT2D eigenvalue weighted by Crippen LogP contribution is -2.33. The van der Waals surface area contributed by atoms with Crippen LogP contribution >= 0.6 is 0 Å². The quantitative estimate of drug-likeness (QED) is 0.904. The SMILES string of the molecule is O=C(OC(F)(F)F)N(c1ccccn1)c1ncn[nH]1. The number of nitrogens with zero attached hydrogens (tertiary/aromatic N) is 4. The average molecular weight is 273 g/mol. The van der Waals surface area contributed by atoms with Crippen molar-refractivity contribution in [3.05, 3.63) is 30.7 Å². The molecule has 0 bridgehead atoms. The summed E-state index contributed by atoms with van der Waals surface area (Å²) in [6, 6.07) is 4.35. The number of amides is 1. The van der Waals surface area contributed by atoms with E-state index in [-0.39, 0.29) is 11.8 Å². The number of halogens is 3. The molecule has 0 atom stereocenters. The van der Waals surface area contributed by atoms with E-state index in [4.69, 9.17) is 0 Å². The highest BCUT2D eigenvalue weighted by molar-refractivity contribution is 5.92. The van der Waals surface area contributed by atoms with Crippen LogP contribution in [0.1, 0.15) is 0 Å². The number of ether oxygens (including phenoxy) is 1. The minimum atomic E-state index is -5.11. The largest absolute Gasteiger partial charge is 0.576 e. The fourth-order valence-electron chi connectivity index (χ4n) is 1.23. The number of rotatable bonds is 2. The number of hydrogen-bond acceptors (Lipinski definition) is 5. The summed E-state index contributed by atoms with van der Waals surface area (Å²) in [6.45, 7) is 0. The molecule has 0 saturated carbocycles. The van der Waals surface area contributed by atoms with E-state index < -0.39 is 12.5 Å². The van der Waals surface area contributed by atoms with Gasteiger partial charge in [0.15, 0.2) is 0 Å². The maximum Gasteiger partial charge on any atom is 0.576 e. The van der Waals surface area contributed by atoms with Crippen molar-refractivity contribution in [3.8, 4) is 0 Å². The molecule has 1 amide bonds. The van der Waals surface area contributed by atoms with Crippen molar-refractivity contribution in [2.75, 3.05) is 4.90 Å². The summed E-state index contributed by atoms with van der Waals surface area (Å²) in [5.74, 6) is -0.332. The van der Waals surface area contributed by atoms with Gasteiger partial charge in [0.2, 0.25) is 5.95 Å². The number of hydrogen-bond donors (Lipinski definition) is 1. The minimum absolute atomic E-state index is 0.0894. The fraction of sp³-hybridized carbons (Fsp3) is 0.111. The van der Waals surface area contributed by atoms with Crippen molar-refractivity contribution in [1.82, 2.24) is 20.2 Å². The van der Waals surface area contributed by atoms with Crippen molar-refractivity contribution in [3.63, 3.8) is 0 Å². The van der Waals surface area contributed by atoms with Gasteiger partial charge < -0.3 is 4.74 Å². The smallest absolute Gasteiger partial charge is 0.355 e. The molecular formula is C9H6F3N5O2. The summed E-state index contributed by atoms with van der Waals surface area (Å²) in [5.41, 5.74) is 0. The fourth-order valence-corrected chi connectivity index (χ4v) is 1.23. The molecule has 0 fully saturated rings. The van der Waals surface area contributed by atoms with Gasteiger partial charge >= 0.3 is 12.5 Å². The zero-order chi connectivity index (χ0) is 13.9. The van der Waals surface area contributed by atoms with Gasteiger partial charge in [0, 0.05) is 6.20 Å². The maximum absolute atomic E-state index is 12.1. The molecule has 0 spiro atoms. The summed E-state index contributed by atoms with van der Waals surface area (Å²) in [5, 5.41) is 5.71. The van der Waals surface area contributed by atoms with Crippen LogP contribution in [0.5, 0.6) is 0 Å². The predicted molar refractivity (Wildman–Crippen MR) is 55.3 cm³/mol. The summed E-state index contributed by atoms with van der Waals surface area (Å²) in [7, 11) is 0. The number of nitrogens with one attached hydrogen (secondary N) is 1. The molecule has 10 heteroatoms. The average Bonchev–Trinajstić information content (AvgIpc) is 2.82. The topological polar surface area (TPSA) is 84.0 Å². The Balaban J connectivity index is 2.34. The maximum atomic E-state index is 12.1. The lowest BCUT2D eigenvalue weighted by molar-refractivity contribution is -0.289. The molecule has 1 N–H and O–H groups in total. The molecule has 2 heterocycles. The Hall–Kier alpha value is -2.65. The van der Waals surface area contributed by atoms with Crippen LogP contribution in [0.3, 0.4) is 0 Å². The van der Waals surface area contributed by atoms with Gasteiger partial charge in [-0.25, -0.2) is 14.9 Å². The van der Waals surface area contributed by atoms with Crippen molar-refractivity contribution < 1.29 is 22.7 Å². The summed E-state index contributed by atoms with van der Waals surface area (Å²) in [6.07, 6.45) is -4.46. The molecule has 0 aliphatic carbocycles. The number of alkyl halides is 3. The lowest BCUT2D eigenvalue weighted by Gasteiger charge is -2.18. The summed E-state index contributed by atoms with van der Waals surface area (Å²) < 4.78 is 39.6. The van der Waals surface area contributed by atoms with E-state index in [9.17, 15) is 18.0 Å². The van der Waals surface area contributed by atoms with E-state index in [2.05, 4.69) is 24.9 Å². The van der Waals surface area contributed by atoms with Crippen molar-refractivity contribution in [2.45, 2.75) is 6.36 Å². The van der Waals surface area contributed by atoms with Crippen LogP contribution in [0.25, 0.3) is 0 Å². The van der Waals surface area contributed by atoms with Crippen LogP contribution in [0.2, 0.25) is 0 Å². The number of aromatic nitrogens is 4. The second kappa shape index (κ2) is 4.92. The zero-order valence-corrected chi connectivity index (χ0v) is 9.13. The van der Waals surface area contributed by atoms with Crippen LogP contribution in [0.4, 0.5) is 29.7 Å². The predicted octanol–water partition coefficient (Wildman–Crippen LogP) is 1.99. The highest BCUT2D eigenvalue weighted by Gasteiger charge is 2.38. The third-order valence-corrected chi connectivity index (χ3v) is 1.88. The molecule has 0 aliphatic heterocycles. The number of aromatic amines is 1. The Labute approximate surface area is 104 Å². The molecule has 0 unspecified atom stereocenters. The van der Waals surface area contributed by atoms with Crippen molar-refractivity contribution in [1.29, 1.82) is 0 Å². The highest BCUT2D eigenvalue weighted by Crippen LogP contribution is 2.24. The number of carbonyl (C=O) groups is 1. The first-order valence-corrected chi connectivity index (χ1v) is 4.83. The van der Waals surface area contributed by atoms with E-state index in [1.165, 1.54) is 24.4 Å². The third-order valence-electron chi connectivity index (χ3n) is 1.88. The van der Waals surface area contributed by atoms with E-state index >= 15 is 0 Å². The zero-order valence-electron chi connectivity index (χ0n) is 9.13. The Morgan fingerprint density at radius 3 is 2.63 bits per heavy atom. The highest BCUT2D eigenvalue weighted by atomic mass is 19.4. The Kier molecular flexibility index (Phi) is 3.31. The second-order valence-corrected chi connectivity index (χ2v) is 3.15. The van der Waals surface area contributed by atoms with Gasteiger partial charge in [-0.3, -0.25) is 0 Å². The molecule has 19 heavy (non-hydrogen) atoms. The first-order chi connectivity index (χ1) is 8.97. The van der Waals surface area contributed by atoms with Gasteiger partial charge in [-0.1, -0.05) is 6.07 Å². The van der Waals surface area contributed by atoms with Crippen LogP contribution in [-0.4, -0.2) is 32.6 Å². The number of anilines is 2. The molecule has 0 aromatic carbocycles. The molecular weight excluding hydrogens is 267 g/mol. The molecule has 2 rings (SSSR count). The van der Waals surface area contributed by atoms with E-state index in [0.717, 1.165) is 6.33 Å². The Morgan fingerprint density at radius 2 is 2.11 bits per heavy atom. The Bertz CT molecular complexity index is 543. The lowest BCUT2D eigenvalue weighted by atomic mass is 10.4. The minimum Gasteiger partial charge on any atom is -0.355 e. The first-order valence-electron chi connectivity index (χ1n) is 4.83. The molecule has 0 radical (unpaired) electrons. The van der Waals surface area contributed by atoms with E-state index in [1.54, 1.807) is 0 Å². The second-order valence-electron chi connectivity index (χ2n) is 3.15. The van der Waals surface area contributed by atoms with Gasteiger partial charge in [0.1, 0.15) is 12.1 Å². The third kappa shape index (κ3) is 3.18. The first kappa shape index (κ1) is 12.8.